The zero-order chi connectivity index (χ0) is 14.2. The third-order valence-electron chi connectivity index (χ3n) is 2.82. The molecule has 3 heteroatoms. The Labute approximate surface area is 124 Å². The molecule has 0 heterocycles. The third-order valence-corrected chi connectivity index (χ3v) is 3.07. The summed E-state index contributed by atoms with van der Waals surface area (Å²) in [6, 6.07) is 17.7. The molecular weight excluding hydrogens is 268 g/mol. The van der Waals surface area contributed by atoms with E-state index in [1.165, 1.54) is 0 Å². The number of benzene rings is 2. The first-order chi connectivity index (χ1) is 9.81. The Morgan fingerprint density at radius 3 is 2.30 bits per heavy atom. The van der Waals surface area contributed by atoms with Gasteiger partial charge in [0.1, 0.15) is 5.71 Å². The Balaban J connectivity index is 2.36. The van der Waals surface area contributed by atoms with Gasteiger partial charge in [-0.25, -0.2) is 0 Å². The van der Waals surface area contributed by atoms with Gasteiger partial charge < -0.3 is 0 Å². The second kappa shape index (κ2) is 7.61. The van der Waals surface area contributed by atoms with Gasteiger partial charge in [0, 0.05) is 22.4 Å². The molecule has 0 aromatic heterocycles. The van der Waals surface area contributed by atoms with Gasteiger partial charge >= 0.3 is 0 Å². The highest BCUT2D eigenvalue weighted by Crippen LogP contribution is 2.15. The summed E-state index contributed by atoms with van der Waals surface area (Å²) in [7, 11) is 0. The van der Waals surface area contributed by atoms with E-state index in [4.69, 9.17) is 11.6 Å². The Bertz CT molecular complexity index is 586. The molecule has 0 amide bonds. The van der Waals surface area contributed by atoms with E-state index < -0.39 is 0 Å². The van der Waals surface area contributed by atoms with Gasteiger partial charge in [0.25, 0.3) is 0 Å². The fraction of sp³-hybridized carbons (Fsp3) is 0.176. The van der Waals surface area contributed by atoms with Crippen LogP contribution in [0.25, 0.3) is 0 Å². The molecule has 0 radical (unpaired) electrons. The van der Waals surface area contributed by atoms with Gasteiger partial charge in [-0.05, 0) is 18.6 Å². The van der Waals surface area contributed by atoms with Crippen LogP contribution in [0, 0.1) is 0 Å². The number of hydrogen-bond acceptors (Lipinski definition) is 2. The average molecular weight is 285 g/mol. The molecule has 0 aliphatic carbocycles. The Morgan fingerprint density at radius 1 is 1.00 bits per heavy atom. The second-order valence-corrected chi connectivity index (χ2v) is 4.84. The van der Waals surface area contributed by atoms with Crippen molar-refractivity contribution in [1.29, 1.82) is 0 Å². The number of hydrogen-bond donors (Lipinski definition) is 0. The molecule has 2 rings (SSSR count). The maximum atomic E-state index is 5.94. The molecule has 0 fully saturated rings. The molecule has 102 valence electrons. The van der Waals surface area contributed by atoms with Crippen LogP contribution in [0.1, 0.15) is 30.9 Å². The van der Waals surface area contributed by atoms with E-state index in [1.54, 1.807) is 0 Å². The highest BCUT2D eigenvalue weighted by Gasteiger charge is 2.06. The maximum Gasteiger partial charge on any atom is 0.100 e. The van der Waals surface area contributed by atoms with Crippen LogP contribution in [-0.4, -0.2) is 11.9 Å². The van der Waals surface area contributed by atoms with Crippen molar-refractivity contribution in [1.82, 2.24) is 0 Å². The molecule has 0 aliphatic rings. The predicted molar refractivity (Wildman–Crippen MR) is 86.9 cm³/mol. The summed E-state index contributed by atoms with van der Waals surface area (Å²) >= 11 is 5.94. The van der Waals surface area contributed by atoms with Crippen molar-refractivity contribution >= 4 is 23.5 Å². The van der Waals surface area contributed by atoms with Crippen LogP contribution in [0.5, 0.6) is 0 Å². The van der Waals surface area contributed by atoms with E-state index in [0.29, 0.717) is 0 Å². The molecule has 0 unspecified atom stereocenters. The van der Waals surface area contributed by atoms with Crippen LogP contribution in [0.15, 0.2) is 64.8 Å². The molecule has 0 saturated heterocycles. The van der Waals surface area contributed by atoms with Crippen molar-refractivity contribution in [3.8, 4) is 0 Å². The molecular formula is C17H17ClN2. The van der Waals surface area contributed by atoms with Crippen LogP contribution in [0.3, 0.4) is 0 Å². The van der Waals surface area contributed by atoms with Crippen molar-refractivity contribution in [2.45, 2.75) is 19.8 Å². The first-order valence-corrected chi connectivity index (χ1v) is 7.10. The van der Waals surface area contributed by atoms with Crippen molar-refractivity contribution in [3.05, 3.63) is 70.7 Å². The van der Waals surface area contributed by atoms with Crippen molar-refractivity contribution < 1.29 is 0 Å². The predicted octanol–water partition coefficient (Wildman–Crippen LogP) is 4.96. The second-order valence-electron chi connectivity index (χ2n) is 4.41. The minimum atomic E-state index is 0.718. The van der Waals surface area contributed by atoms with Gasteiger partial charge in [-0.3, -0.25) is 0 Å². The van der Waals surface area contributed by atoms with Gasteiger partial charge in [0.05, 0.1) is 0 Å². The summed E-state index contributed by atoms with van der Waals surface area (Å²) in [5, 5.41) is 9.26. The summed E-state index contributed by atoms with van der Waals surface area (Å²) in [6.45, 7) is 2.12. The van der Waals surface area contributed by atoms with Crippen molar-refractivity contribution in [2.24, 2.45) is 10.2 Å². The summed E-state index contributed by atoms with van der Waals surface area (Å²) in [5.74, 6) is 0. The van der Waals surface area contributed by atoms with E-state index in [0.717, 1.165) is 34.7 Å². The van der Waals surface area contributed by atoms with Crippen molar-refractivity contribution in [3.63, 3.8) is 0 Å². The van der Waals surface area contributed by atoms with Crippen LogP contribution < -0.4 is 0 Å². The van der Waals surface area contributed by atoms with Gasteiger partial charge in [-0.1, -0.05) is 67.4 Å². The fourth-order valence-electron chi connectivity index (χ4n) is 1.77. The average Bonchev–Trinajstić information content (AvgIpc) is 2.50. The Kier molecular flexibility index (Phi) is 5.51. The lowest BCUT2D eigenvalue weighted by Gasteiger charge is -2.05. The molecule has 0 spiro atoms. The molecule has 0 aliphatic heterocycles. The van der Waals surface area contributed by atoms with E-state index in [1.807, 2.05) is 60.8 Å². The first-order valence-electron chi connectivity index (χ1n) is 6.72. The highest BCUT2D eigenvalue weighted by molar-refractivity contribution is 6.30. The van der Waals surface area contributed by atoms with Crippen molar-refractivity contribution in [2.75, 3.05) is 0 Å². The molecule has 0 atom stereocenters. The van der Waals surface area contributed by atoms with Gasteiger partial charge in [-0.15, -0.1) is 0 Å². The zero-order valence-electron chi connectivity index (χ0n) is 11.5. The lowest BCUT2D eigenvalue weighted by molar-refractivity contribution is 1.00. The summed E-state index contributed by atoms with van der Waals surface area (Å²) in [5.41, 5.74) is 2.91. The fourth-order valence-corrected chi connectivity index (χ4v) is 1.90. The minimum absolute atomic E-state index is 0.718. The van der Waals surface area contributed by atoms with E-state index in [2.05, 4.69) is 17.1 Å². The zero-order valence-corrected chi connectivity index (χ0v) is 12.2. The first kappa shape index (κ1) is 14.5. The standard InChI is InChI=1S/C17H17ClN2/c1-2-3-13-19-20-17(14-7-5-4-6-8-14)15-9-11-16(18)12-10-15/h4-13H,2-3H2,1H3/b19-13-,20-17+. The SMILES string of the molecule is CCC/C=N\N=C(/c1ccccc1)c1ccc(Cl)cc1. The summed E-state index contributed by atoms with van der Waals surface area (Å²) < 4.78 is 0. The van der Waals surface area contributed by atoms with Crippen LogP contribution in [0.2, 0.25) is 5.02 Å². The number of unbranched alkanes of at least 4 members (excludes halogenated alkanes) is 1. The van der Waals surface area contributed by atoms with Crippen LogP contribution in [0.4, 0.5) is 0 Å². The lowest BCUT2D eigenvalue weighted by atomic mass is 10.0. The largest absolute Gasteiger partial charge is 0.163 e. The normalized spacial score (nSPS) is 12.0. The summed E-state index contributed by atoms with van der Waals surface area (Å²) in [6.07, 6.45) is 3.85. The molecule has 20 heavy (non-hydrogen) atoms. The van der Waals surface area contributed by atoms with E-state index in [9.17, 15) is 0 Å². The molecule has 0 saturated carbocycles. The Morgan fingerprint density at radius 2 is 1.65 bits per heavy atom. The Hall–Kier alpha value is -1.93. The van der Waals surface area contributed by atoms with Gasteiger partial charge in [-0.2, -0.15) is 10.2 Å². The topological polar surface area (TPSA) is 24.7 Å². The van der Waals surface area contributed by atoms with Crippen LogP contribution in [-0.2, 0) is 0 Å². The number of rotatable bonds is 5. The molecule has 2 nitrogen and oxygen atoms in total. The quantitative estimate of drug-likeness (QED) is 0.547. The number of nitrogens with zero attached hydrogens (tertiary/aromatic N) is 2. The molecule has 0 bridgehead atoms. The summed E-state index contributed by atoms with van der Waals surface area (Å²) in [4.78, 5) is 0. The maximum absolute atomic E-state index is 5.94. The van der Waals surface area contributed by atoms with E-state index >= 15 is 0 Å². The lowest BCUT2D eigenvalue weighted by Crippen LogP contribution is -2.02. The van der Waals surface area contributed by atoms with Crippen LogP contribution >= 0.6 is 11.6 Å². The third kappa shape index (κ3) is 4.04. The van der Waals surface area contributed by atoms with E-state index in [-0.39, 0.29) is 0 Å². The molecule has 2 aromatic rings. The smallest absolute Gasteiger partial charge is 0.100 e. The monoisotopic (exact) mass is 284 g/mol. The molecule has 0 N–H and O–H groups in total. The highest BCUT2D eigenvalue weighted by atomic mass is 35.5. The van der Waals surface area contributed by atoms with Gasteiger partial charge in [0.2, 0.25) is 0 Å². The molecule has 2 aromatic carbocycles. The van der Waals surface area contributed by atoms with Gasteiger partial charge in [0.15, 0.2) is 0 Å². The number of halogens is 1. The minimum Gasteiger partial charge on any atom is -0.163 e.